The van der Waals surface area contributed by atoms with Crippen LogP contribution in [0.15, 0.2) is 0 Å². The Labute approximate surface area is 255 Å². The number of ketones is 1. The first-order valence-electron chi connectivity index (χ1n) is 18.9. The molecule has 0 saturated heterocycles. The van der Waals surface area contributed by atoms with Crippen molar-refractivity contribution in [2.45, 2.75) is 234 Å². The Morgan fingerprint density at radius 2 is 0.550 bits per heavy atom. The number of hydrogen-bond acceptors (Lipinski definition) is 1. The van der Waals surface area contributed by atoms with Gasteiger partial charge in [-0.15, -0.1) is 0 Å². The summed E-state index contributed by atoms with van der Waals surface area (Å²) in [4.78, 5) is 13.8. The van der Waals surface area contributed by atoms with Crippen LogP contribution in [0.4, 0.5) is 0 Å². The van der Waals surface area contributed by atoms with E-state index in [1.165, 1.54) is 167 Å². The lowest BCUT2D eigenvalue weighted by molar-refractivity contribution is -0.139. The highest BCUT2D eigenvalue weighted by atomic mass is 16.1. The number of carbonyl (C=O) groups excluding carboxylic acids is 1. The summed E-state index contributed by atoms with van der Waals surface area (Å²) < 4.78 is 0. The Morgan fingerprint density at radius 1 is 0.350 bits per heavy atom. The van der Waals surface area contributed by atoms with E-state index in [2.05, 4.69) is 41.5 Å². The van der Waals surface area contributed by atoms with Gasteiger partial charge in [0, 0.05) is 10.8 Å². The zero-order valence-electron chi connectivity index (χ0n) is 29.1. The number of carbonyl (C=O) groups is 1. The first-order chi connectivity index (χ1) is 19.4. The van der Waals surface area contributed by atoms with Gasteiger partial charge in [-0.05, 0) is 25.7 Å². The fourth-order valence-corrected chi connectivity index (χ4v) is 6.70. The van der Waals surface area contributed by atoms with Gasteiger partial charge in [-0.1, -0.05) is 208 Å². The predicted molar refractivity (Wildman–Crippen MR) is 182 cm³/mol. The molecule has 0 heterocycles. The molecule has 0 aromatic heterocycles. The maximum absolute atomic E-state index is 13.8. The van der Waals surface area contributed by atoms with Gasteiger partial charge in [-0.2, -0.15) is 0 Å². The molecule has 0 amide bonds. The fourth-order valence-electron chi connectivity index (χ4n) is 6.70. The summed E-state index contributed by atoms with van der Waals surface area (Å²) >= 11 is 0. The van der Waals surface area contributed by atoms with Crippen molar-refractivity contribution in [1.29, 1.82) is 0 Å². The van der Waals surface area contributed by atoms with Gasteiger partial charge in [0.1, 0.15) is 5.78 Å². The first-order valence-corrected chi connectivity index (χ1v) is 18.9. The second-order valence-corrected chi connectivity index (χ2v) is 14.1. The molecule has 2 atom stereocenters. The van der Waals surface area contributed by atoms with Crippen LogP contribution < -0.4 is 0 Å². The third kappa shape index (κ3) is 20.5. The lowest BCUT2D eigenvalue weighted by Crippen LogP contribution is -2.40. The summed E-state index contributed by atoms with van der Waals surface area (Å²) in [5.41, 5.74) is -0.252. The molecule has 0 radical (unpaired) electrons. The molecule has 0 aromatic rings. The van der Waals surface area contributed by atoms with Gasteiger partial charge in [0.05, 0.1) is 0 Å². The summed E-state index contributed by atoms with van der Waals surface area (Å²) in [6.45, 7) is 13.7. The summed E-state index contributed by atoms with van der Waals surface area (Å²) in [6.07, 6.45) is 40.3. The first kappa shape index (κ1) is 39.7. The average molecular weight is 563 g/mol. The SMILES string of the molecule is CCCCCCCCCCCCCCCC(C)(CC)C(=O)C(C)(CC)CCCCCCCCCCCCCCC. The molecule has 0 N–H and O–H groups in total. The molecule has 0 saturated carbocycles. The van der Waals surface area contributed by atoms with Crippen molar-refractivity contribution in [3.8, 4) is 0 Å². The highest BCUT2D eigenvalue weighted by molar-refractivity contribution is 5.89. The van der Waals surface area contributed by atoms with E-state index in [9.17, 15) is 4.79 Å². The summed E-state index contributed by atoms with van der Waals surface area (Å²) in [7, 11) is 0. The van der Waals surface area contributed by atoms with Gasteiger partial charge in [-0.3, -0.25) is 4.79 Å². The molecule has 0 bridgehead atoms. The molecule has 240 valence electrons. The number of Topliss-reactive ketones (excluding diaryl/α,β-unsaturated/α-hetero) is 1. The molecule has 0 aliphatic rings. The van der Waals surface area contributed by atoms with E-state index in [0.717, 1.165) is 25.7 Å². The van der Waals surface area contributed by atoms with Gasteiger partial charge < -0.3 is 0 Å². The molecular weight excluding hydrogens is 484 g/mol. The Bertz CT molecular complexity index is 493. The maximum atomic E-state index is 13.8. The lowest BCUT2D eigenvalue weighted by Gasteiger charge is -2.37. The summed E-state index contributed by atoms with van der Waals surface area (Å²) in [5.74, 6) is 0.572. The predicted octanol–water partition coefficient (Wildman–Crippen LogP) is 14.4. The van der Waals surface area contributed by atoms with Crippen LogP contribution in [0.3, 0.4) is 0 Å². The molecule has 2 unspecified atom stereocenters. The Kier molecular flexibility index (Phi) is 27.3. The minimum Gasteiger partial charge on any atom is -0.298 e. The largest absolute Gasteiger partial charge is 0.298 e. The van der Waals surface area contributed by atoms with Crippen LogP contribution in [-0.4, -0.2) is 5.78 Å². The van der Waals surface area contributed by atoms with E-state index in [0.29, 0.717) is 5.78 Å². The second-order valence-electron chi connectivity index (χ2n) is 14.1. The minimum atomic E-state index is -0.126. The smallest absolute Gasteiger partial charge is 0.144 e. The molecular formula is C39H78O. The normalized spacial score (nSPS) is 14.8. The fraction of sp³-hybridized carbons (Fsp3) is 0.974. The van der Waals surface area contributed by atoms with Gasteiger partial charge >= 0.3 is 0 Å². The highest BCUT2D eigenvalue weighted by Crippen LogP contribution is 2.42. The van der Waals surface area contributed by atoms with Gasteiger partial charge in [-0.25, -0.2) is 0 Å². The van der Waals surface area contributed by atoms with Crippen LogP contribution in [0.25, 0.3) is 0 Å². The average Bonchev–Trinajstić information content (AvgIpc) is 2.97. The van der Waals surface area contributed by atoms with E-state index in [4.69, 9.17) is 0 Å². The topological polar surface area (TPSA) is 17.1 Å². The van der Waals surface area contributed by atoms with Crippen LogP contribution in [0.1, 0.15) is 234 Å². The van der Waals surface area contributed by atoms with Gasteiger partial charge in [0.15, 0.2) is 0 Å². The van der Waals surface area contributed by atoms with E-state index in [-0.39, 0.29) is 10.8 Å². The zero-order valence-corrected chi connectivity index (χ0v) is 29.1. The van der Waals surface area contributed by atoms with Crippen molar-refractivity contribution in [3.05, 3.63) is 0 Å². The van der Waals surface area contributed by atoms with Crippen molar-refractivity contribution in [3.63, 3.8) is 0 Å². The maximum Gasteiger partial charge on any atom is 0.144 e. The van der Waals surface area contributed by atoms with Gasteiger partial charge in [0.2, 0.25) is 0 Å². The number of rotatable bonds is 32. The molecule has 0 aliphatic carbocycles. The number of hydrogen-bond donors (Lipinski definition) is 0. The van der Waals surface area contributed by atoms with Crippen LogP contribution in [0.5, 0.6) is 0 Å². The van der Waals surface area contributed by atoms with Crippen LogP contribution >= 0.6 is 0 Å². The van der Waals surface area contributed by atoms with Crippen LogP contribution in [0, 0.1) is 10.8 Å². The van der Waals surface area contributed by atoms with Crippen molar-refractivity contribution in [2.24, 2.45) is 10.8 Å². The Morgan fingerprint density at radius 3 is 0.750 bits per heavy atom. The minimum absolute atomic E-state index is 0.126. The van der Waals surface area contributed by atoms with E-state index < -0.39 is 0 Å². The van der Waals surface area contributed by atoms with Crippen molar-refractivity contribution in [2.75, 3.05) is 0 Å². The van der Waals surface area contributed by atoms with Crippen molar-refractivity contribution < 1.29 is 4.79 Å². The van der Waals surface area contributed by atoms with Crippen molar-refractivity contribution in [1.82, 2.24) is 0 Å². The molecule has 0 spiro atoms. The number of unbranched alkanes of at least 4 members (excludes halogenated alkanes) is 24. The zero-order chi connectivity index (χ0) is 29.8. The molecule has 0 fully saturated rings. The Hall–Kier alpha value is -0.330. The van der Waals surface area contributed by atoms with Gasteiger partial charge in [0.25, 0.3) is 0 Å². The highest BCUT2D eigenvalue weighted by Gasteiger charge is 2.41. The van der Waals surface area contributed by atoms with E-state index >= 15 is 0 Å². The standard InChI is InChI=1S/C39H78O/c1-7-11-13-15-17-19-21-23-25-27-29-31-33-35-38(5,9-3)37(40)39(6,10-4)36-34-32-30-28-26-24-22-20-18-16-14-12-8-2/h7-36H2,1-6H3. The summed E-state index contributed by atoms with van der Waals surface area (Å²) in [6, 6.07) is 0. The lowest BCUT2D eigenvalue weighted by atomic mass is 9.65. The molecule has 0 aliphatic heterocycles. The molecule has 0 aromatic carbocycles. The molecule has 1 nitrogen and oxygen atoms in total. The van der Waals surface area contributed by atoms with E-state index in [1.807, 2.05) is 0 Å². The Balaban J connectivity index is 4.02. The van der Waals surface area contributed by atoms with E-state index in [1.54, 1.807) is 0 Å². The second kappa shape index (κ2) is 27.5. The third-order valence-electron chi connectivity index (χ3n) is 10.3. The van der Waals surface area contributed by atoms with Crippen LogP contribution in [0.2, 0.25) is 0 Å². The quantitative estimate of drug-likeness (QED) is 0.0745. The van der Waals surface area contributed by atoms with Crippen molar-refractivity contribution >= 4 is 5.78 Å². The monoisotopic (exact) mass is 563 g/mol. The summed E-state index contributed by atoms with van der Waals surface area (Å²) in [5, 5.41) is 0. The molecule has 0 rings (SSSR count). The third-order valence-corrected chi connectivity index (χ3v) is 10.3. The molecule has 1 heteroatoms. The molecule has 40 heavy (non-hydrogen) atoms. The van der Waals surface area contributed by atoms with Crippen LogP contribution in [-0.2, 0) is 4.79 Å².